The Bertz CT molecular complexity index is 263. The maximum atomic E-state index is 11.1. The lowest BCUT2D eigenvalue weighted by Crippen LogP contribution is -2.43. The van der Waals surface area contributed by atoms with Gasteiger partial charge in [-0.1, -0.05) is 6.92 Å². The Labute approximate surface area is 87.7 Å². The Kier molecular flexibility index (Phi) is 3.52. The smallest absolute Gasteiger partial charge is 0.334 e. The van der Waals surface area contributed by atoms with Gasteiger partial charge < -0.3 is 20.8 Å². The number of carbonyl (C=O) groups is 2. The van der Waals surface area contributed by atoms with Gasteiger partial charge in [0.25, 0.3) is 0 Å². The molecule has 0 aromatic heterocycles. The number of hydrogen-bond acceptors (Lipinski definition) is 3. The summed E-state index contributed by atoms with van der Waals surface area (Å²) in [5.74, 6) is -1.34. The zero-order chi connectivity index (χ0) is 11.5. The molecule has 0 aromatic carbocycles. The van der Waals surface area contributed by atoms with Crippen molar-refractivity contribution in [2.45, 2.75) is 25.9 Å². The van der Waals surface area contributed by atoms with E-state index in [1.807, 2.05) is 0 Å². The van der Waals surface area contributed by atoms with Crippen molar-refractivity contribution in [3.63, 3.8) is 0 Å². The average Bonchev–Trinajstić information content (AvgIpc) is 2.90. The first kappa shape index (κ1) is 11.8. The lowest BCUT2D eigenvalue weighted by atomic mass is 10.1. The van der Waals surface area contributed by atoms with E-state index in [1.165, 1.54) is 0 Å². The SMILES string of the molecule is CC1(CNC(=O)NC[C@H](O)C(=O)O)CC1. The van der Waals surface area contributed by atoms with Gasteiger partial charge in [0, 0.05) is 6.54 Å². The first-order valence-corrected chi connectivity index (χ1v) is 4.85. The number of nitrogens with one attached hydrogen (secondary N) is 2. The van der Waals surface area contributed by atoms with Crippen molar-refractivity contribution in [3.05, 3.63) is 0 Å². The van der Waals surface area contributed by atoms with Crippen LogP contribution in [0.15, 0.2) is 0 Å². The fourth-order valence-electron chi connectivity index (χ4n) is 1.02. The molecule has 1 aliphatic rings. The number of rotatable bonds is 5. The van der Waals surface area contributed by atoms with Crippen LogP contribution in [0.2, 0.25) is 0 Å². The normalized spacial score (nSPS) is 19.1. The molecule has 0 bridgehead atoms. The Balaban J connectivity index is 2.10. The van der Waals surface area contributed by atoms with E-state index in [4.69, 9.17) is 10.2 Å². The van der Waals surface area contributed by atoms with Gasteiger partial charge in [0.1, 0.15) is 0 Å². The van der Waals surface area contributed by atoms with Crippen LogP contribution in [0.1, 0.15) is 19.8 Å². The van der Waals surface area contributed by atoms with E-state index in [2.05, 4.69) is 17.6 Å². The van der Waals surface area contributed by atoms with Crippen LogP contribution in [-0.2, 0) is 4.79 Å². The zero-order valence-electron chi connectivity index (χ0n) is 8.62. The summed E-state index contributed by atoms with van der Waals surface area (Å²) in [4.78, 5) is 21.3. The molecule has 0 spiro atoms. The molecule has 6 heteroatoms. The molecular weight excluding hydrogens is 200 g/mol. The van der Waals surface area contributed by atoms with Gasteiger partial charge in [-0.05, 0) is 18.3 Å². The Morgan fingerprint density at radius 2 is 2.00 bits per heavy atom. The highest BCUT2D eigenvalue weighted by Gasteiger charge is 2.37. The van der Waals surface area contributed by atoms with Gasteiger partial charge in [0.05, 0.1) is 6.54 Å². The lowest BCUT2D eigenvalue weighted by molar-refractivity contribution is -0.146. The molecule has 0 aliphatic heterocycles. The van der Waals surface area contributed by atoms with Crippen LogP contribution in [-0.4, -0.2) is 41.4 Å². The molecule has 1 atom stereocenters. The maximum Gasteiger partial charge on any atom is 0.334 e. The minimum Gasteiger partial charge on any atom is -0.479 e. The summed E-state index contributed by atoms with van der Waals surface area (Å²) in [6, 6.07) is -0.441. The van der Waals surface area contributed by atoms with Crippen LogP contribution in [0.3, 0.4) is 0 Å². The molecule has 0 aromatic rings. The molecule has 1 aliphatic carbocycles. The fourth-order valence-corrected chi connectivity index (χ4v) is 1.02. The van der Waals surface area contributed by atoms with Crippen LogP contribution in [0.5, 0.6) is 0 Å². The van der Waals surface area contributed by atoms with Gasteiger partial charge in [-0.3, -0.25) is 0 Å². The molecule has 1 fully saturated rings. The number of urea groups is 1. The van der Waals surface area contributed by atoms with Gasteiger partial charge >= 0.3 is 12.0 Å². The second kappa shape index (κ2) is 4.48. The van der Waals surface area contributed by atoms with Gasteiger partial charge in [0.2, 0.25) is 0 Å². The van der Waals surface area contributed by atoms with Crippen LogP contribution in [0.4, 0.5) is 4.79 Å². The molecule has 0 saturated heterocycles. The monoisotopic (exact) mass is 216 g/mol. The van der Waals surface area contributed by atoms with Crippen molar-refractivity contribution in [1.29, 1.82) is 0 Å². The van der Waals surface area contributed by atoms with Crippen molar-refractivity contribution in [1.82, 2.24) is 10.6 Å². The summed E-state index contributed by atoms with van der Waals surface area (Å²) in [5.41, 5.74) is 0.211. The summed E-state index contributed by atoms with van der Waals surface area (Å²) >= 11 is 0. The molecule has 6 nitrogen and oxygen atoms in total. The van der Waals surface area contributed by atoms with Crippen LogP contribution < -0.4 is 10.6 Å². The molecule has 0 heterocycles. The number of aliphatic carboxylic acids is 1. The summed E-state index contributed by atoms with van der Waals surface area (Å²) in [6.07, 6.45) is 0.656. The molecule has 86 valence electrons. The Hall–Kier alpha value is -1.30. The highest BCUT2D eigenvalue weighted by molar-refractivity contribution is 5.76. The zero-order valence-corrected chi connectivity index (χ0v) is 8.62. The number of hydrogen-bond donors (Lipinski definition) is 4. The highest BCUT2D eigenvalue weighted by atomic mass is 16.4. The number of carboxylic acid groups (broad SMARTS) is 1. The number of carbonyl (C=O) groups excluding carboxylic acids is 1. The van der Waals surface area contributed by atoms with Gasteiger partial charge in [0.15, 0.2) is 6.10 Å². The van der Waals surface area contributed by atoms with E-state index in [0.717, 1.165) is 12.8 Å². The molecule has 1 saturated carbocycles. The standard InChI is InChI=1S/C9H16N2O4/c1-9(2-3-9)5-11-8(15)10-4-6(12)7(13)14/h6,12H,2-5H2,1H3,(H,13,14)(H2,10,11,15)/t6-/m0/s1. The minimum atomic E-state index is -1.55. The number of aliphatic hydroxyl groups excluding tert-OH is 1. The van der Waals surface area contributed by atoms with E-state index >= 15 is 0 Å². The third kappa shape index (κ3) is 4.16. The molecule has 4 N–H and O–H groups in total. The van der Waals surface area contributed by atoms with Gasteiger partial charge in [-0.2, -0.15) is 0 Å². The van der Waals surface area contributed by atoms with Gasteiger partial charge in [-0.15, -0.1) is 0 Å². The van der Waals surface area contributed by atoms with E-state index in [9.17, 15) is 9.59 Å². The maximum absolute atomic E-state index is 11.1. The second-order valence-electron chi connectivity index (χ2n) is 4.23. The highest BCUT2D eigenvalue weighted by Crippen LogP contribution is 2.43. The van der Waals surface area contributed by atoms with Gasteiger partial charge in [-0.25, -0.2) is 9.59 Å². The predicted molar refractivity (Wildman–Crippen MR) is 52.4 cm³/mol. The van der Waals surface area contributed by atoms with Crippen molar-refractivity contribution in [2.24, 2.45) is 5.41 Å². The largest absolute Gasteiger partial charge is 0.479 e. The van der Waals surface area contributed by atoms with Crippen LogP contribution in [0, 0.1) is 5.41 Å². The van der Waals surface area contributed by atoms with E-state index in [1.54, 1.807) is 0 Å². The Morgan fingerprint density at radius 3 is 2.47 bits per heavy atom. The summed E-state index contributed by atoms with van der Waals surface area (Å²) in [7, 11) is 0. The van der Waals surface area contributed by atoms with E-state index in [0.29, 0.717) is 6.54 Å². The number of carboxylic acids is 1. The minimum absolute atomic E-state index is 0.211. The topological polar surface area (TPSA) is 98.7 Å². The molecule has 2 amide bonds. The average molecular weight is 216 g/mol. The molecular formula is C9H16N2O4. The first-order valence-electron chi connectivity index (χ1n) is 4.85. The van der Waals surface area contributed by atoms with E-state index in [-0.39, 0.29) is 12.0 Å². The lowest BCUT2D eigenvalue weighted by Gasteiger charge is -2.12. The Morgan fingerprint density at radius 1 is 1.40 bits per heavy atom. The number of aliphatic hydroxyl groups is 1. The number of amides is 2. The molecule has 15 heavy (non-hydrogen) atoms. The quantitative estimate of drug-likeness (QED) is 0.499. The van der Waals surface area contributed by atoms with Crippen molar-refractivity contribution < 1.29 is 19.8 Å². The third-order valence-electron chi connectivity index (χ3n) is 2.52. The molecule has 0 radical (unpaired) electrons. The fraction of sp³-hybridized carbons (Fsp3) is 0.778. The van der Waals surface area contributed by atoms with Crippen LogP contribution >= 0.6 is 0 Å². The second-order valence-corrected chi connectivity index (χ2v) is 4.23. The van der Waals surface area contributed by atoms with Crippen molar-refractivity contribution in [2.75, 3.05) is 13.1 Å². The molecule has 1 rings (SSSR count). The third-order valence-corrected chi connectivity index (χ3v) is 2.52. The van der Waals surface area contributed by atoms with Crippen molar-refractivity contribution >= 4 is 12.0 Å². The molecule has 0 unspecified atom stereocenters. The van der Waals surface area contributed by atoms with Crippen LogP contribution in [0.25, 0.3) is 0 Å². The summed E-state index contributed by atoms with van der Waals surface area (Å²) in [6.45, 7) is 2.37. The summed E-state index contributed by atoms with van der Waals surface area (Å²) in [5, 5.41) is 22.1. The first-order chi connectivity index (χ1) is 6.93. The summed E-state index contributed by atoms with van der Waals surface area (Å²) < 4.78 is 0. The van der Waals surface area contributed by atoms with E-state index < -0.39 is 18.1 Å². The van der Waals surface area contributed by atoms with Crippen molar-refractivity contribution in [3.8, 4) is 0 Å². The predicted octanol–water partition coefficient (Wildman–Crippen LogP) is -0.469.